The molecule has 0 aromatic heterocycles. The zero-order chi connectivity index (χ0) is 15.6. The van der Waals surface area contributed by atoms with Gasteiger partial charge in [-0.3, -0.25) is 0 Å². The average Bonchev–Trinajstić information content (AvgIpc) is 2.46. The maximum atomic E-state index is 12.9. The third-order valence-corrected chi connectivity index (χ3v) is 6.09. The summed E-state index contributed by atoms with van der Waals surface area (Å²) in [6, 6.07) is 3.06. The summed E-state index contributed by atoms with van der Waals surface area (Å²) in [5.74, 6) is 0.291. The van der Waals surface area contributed by atoms with Crippen LogP contribution in [0.4, 0.5) is 0 Å². The number of ether oxygens (including phenoxy) is 1. The van der Waals surface area contributed by atoms with Gasteiger partial charge in [0.2, 0.25) is 10.0 Å². The number of hydrogen-bond donors (Lipinski definition) is 1. The highest BCUT2D eigenvalue weighted by atomic mass is 35.5. The summed E-state index contributed by atoms with van der Waals surface area (Å²) in [4.78, 5) is 0.103. The van der Waals surface area contributed by atoms with Gasteiger partial charge < -0.3 is 10.5 Å². The number of benzene rings is 1. The van der Waals surface area contributed by atoms with Crippen LogP contribution in [-0.4, -0.2) is 32.4 Å². The summed E-state index contributed by atoms with van der Waals surface area (Å²) in [6.07, 6.45) is 2.79. The molecule has 2 rings (SSSR count). The average molecular weight is 333 g/mol. The molecular formula is C14H21ClN2O3S. The number of hydrogen-bond acceptors (Lipinski definition) is 4. The Morgan fingerprint density at radius 1 is 1.43 bits per heavy atom. The van der Waals surface area contributed by atoms with Crippen molar-refractivity contribution in [3.63, 3.8) is 0 Å². The molecular weight excluding hydrogens is 312 g/mol. The largest absolute Gasteiger partial charge is 0.495 e. The molecule has 1 unspecified atom stereocenters. The fourth-order valence-corrected chi connectivity index (χ4v) is 4.98. The minimum atomic E-state index is -3.64. The summed E-state index contributed by atoms with van der Waals surface area (Å²) in [5, 5.41) is 0.347. The van der Waals surface area contributed by atoms with Gasteiger partial charge in [0.25, 0.3) is 0 Å². The van der Waals surface area contributed by atoms with Gasteiger partial charge in [0, 0.05) is 29.7 Å². The molecule has 1 aromatic carbocycles. The standard InChI is InChI=1S/C14H21ClN2O3S/c1-10-5-3-4-6-17(10)21(18,19)13-8-12(15)7-11(9-16)14(13)20-2/h7-8,10H,3-6,9,16H2,1-2H3. The lowest BCUT2D eigenvalue weighted by Crippen LogP contribution is -2.42. The molecule has 118 valence electrons. The fraction of sp³-hybridized carbons (Fsp3) is 0.571. The summed E-state index contributed by atoms with van der Waals surface area (Å²) in [7, 11) is -2.20. The lowest BCUT2D eigenvalue weighted by Gasteiger charge is -2.32. The lowest BCUT2D eigenvalue weighted by molar-refractivity contribution is 0.267. The Balaban J connectivity index is 2.56. The molecule has 5 nitrogen and oxygen atoms in total. The smallest absolute Gasteiger partial charge is 0.247 e. The van der Waals surface area contributed by atoms with Crippen LogP contribution in [-0.2, 0) is 16.6 Å². The summed E-state index contributed by atoms with van der Waals surface area (Å²) in [5.41, 5.74) is 6.26. The van der Waals surface area contributed by atoms with Crippen LogP contribution in [0.1, 0.15) is 31.7 Å². The molecule has 1 heterocycles. The summed E-state index contributed by atoms with van der Waals surface area (Å²) < 4.78 is 32.7. The van der Waals surface area contributed by atoms with Gasteiger partial charge in [0.15, 0.2) is 0 Å². The first-order valence-corrected chi connectivity index (χ1v) is 8.82. The van der Waals surface area contributed by atoms with Crippen molar-refractivity contribution < 1.29 is 13.2 Å². The van der Waals surface area contributed by atoms with E-state index in [1.165, 1.54) is 17.5 Å². The molecule has 0 spiro atoms. The van der Waals surface area contributed by atoms with Gasteiger partial charge in [-0.25, -0.2) is 8.42 Å². The highest BCUT2D eigenvalue weighted by Crippen LogP contribution is 2.35. The number of sulfonamides is 1. The second kappa shape index (κ2) is 6.52. The van der Waals surface area contributed by atoms with E-state index >= 15 is 0 Å². The Bertz CT molecular complexity index is 619. The van der Waals surface area contributed by atoms with Gasteiger partial charge in [-0.15, -0.1) is 0 Å². The Hall–Kier alpha value is -0.820. The van der Waals surface area contributed by atoms with Crippen LogP contribution < -0.4 is 10.5 Å². The van der Waals surface area contributed by atoms with Crippen LogP contribution in [0.25, 0.3) is 0 Å². The van der Waals surface area contributed by atoms with E-state index in [-0.39, 0.29) is 17.5 Å². The van der Waals surface area contributed by atoms with Crippen molar-refractivity contribution in [2.24, 2.45) is 5.73 Å². The van der Waals surface area contributed by atoms with Crippen LogP contribution in [0.2, 0.25) is 5.02 Å². The molecule has 0 aliphatic carbocycles. The van der Waals surface area contributed by atoms with Crippen LogP contribution in [0, 0.1) is 0 Å². The maximum absolute atomic E-state index is 12.9. The third kappa shape index (κ3) is 3.18. The Morgan fingerprint density at radius 2 is 2.14 bits per heavy atom. The molecule has 1 atom stereocenters. The van der Waals surface area contributed by atoms with E-state index in [2.05, 4.69) is 0 Å². The quantitative estimate of drug-likeness (QED) is 0.918. The van der Waals surface area contributed by atoms with Gasteiger partial charge in [-0.1, -0.05) is 18.0 Å². The number of nitrogens with zero attached hydrogens (tertiary/aromatic N) is 1. The normalized spacial score (nSPS) is 20.5. The first-order chi connectivity index (χ1) is 9.91. The number of nitrogens with two attached hydrogens (primary N) is 1. The maximum Gasteiger partial charge on any atom is 0.247 e. The van der Waals surface area contributed by atoms with E-state index in [1.54, 1.807) is 6.07 Å². The van der Waals surface area contributed by atoms with Gasteiger partial charge >= 0.3 is 0 Å². The van der Waals surface area contributed by atoms with Crippen LogP contribution in [0.3, 0.4) is 0 Å². The number of methoxy groups -OCH3 is 1. The minimum absolute atomic E-state index is 0.0197. The number of halogens is 1. The molecule has 21 heavy (non-hydrogen) atoms. The van der Waals surface area contributed by atoms with Crippen LogP contribution in [0.15, 0.2) is 17.0 Å². The monoisotopic (exact) mass is 332 g/mol. The van der Waals surface area contributed by atoms with Crippen molar-refractivity contribution >= 4 is 21.6 Å². The van der Waals surface area contributed by atoms with Crippen molar-refractivity contribution in [3.05, 3.63) is 22.7 Å². The predicted octanol–water partition coefficient (Wildman–Crippen LogP) is 2.37. The first kappa shape index (κ1) is 16.5. The SMILES string of the molecule is COc1c(CN)cc(Cl)cc1S(=O)(=O)N1CCCCC1C. The highest BCUT2D eigenvalue weighted by molar-refractivity contribution is 7.89. The molecule has 0 radical (unpaired) electrons. The molecule has 1 aliphatic rings. The van der Waals surface area contributed by atoms with Crippen molar-refractivity contribution in [1.29, 1.82) is 0 Å². The van der Waals surface area contributed by atoms with Crippen molar-refractivity contribution in [2.75, 3.05) is 13.7 Å². The fourth-order valence-electron chi connectivity index (χ4n) is 2.75. The second-order valence-corrected chi connectivity index (χ2v) is 7.56. The zero-order valence-electron chi connectivity index (χ0n) is 12.3. The molecule has 0 bridgehead atoms. The van der Waals surface area contributed by atoms with Gasteiger partial charge in [-0.2, -0.15) is 4.31 Å². The Kier molecular flexibility index (Phi) is 5.14. The summed E-state index contributed by atoms with van der Waals surface area (Å²) in [6.45, 7) is 2.62. The Morgan fingerprint density at radius 3 is 2.71 bits per heavy atom. The topological polar surface area (TPSA) is 72.6 Å². The molecule has 1 aliphatic heterocycles. The highest BCUT2D eigenvalue weighted by Gasteiger charge is 2.34. The van der Waals surface area contributed by atoms with E-state index < -0.39 is 10.0 Å². The second-order valence-electron chi connectivity index (χ2n) is 5.26. The van der Waals surface area contributed by atoms with Gasteiger partial charge in [0.05, 0.1) is 7.11 Å². The third-order valence-electron chi connectivity index (χ3n) is 3.85. The number of piperidine rings is 1. The summed E-state index contributed by atoms with van der Waals surface area (Å²) >= 11 is 6.05. The van der Waals surface area contributed by atoms with Crippen LogP contribution in [0.5, 0.6) is 5.75 Å². The molecule has 1 aromatic rings. The minimum Gasteiger partial charge on any atom is -0.495 e. The van der Waals surface area contributed by atoms with Gasteiger partial charge in [-0.05, 0) is 31.9 Å². The van der Waals surface area contributed by atoms with E-state index in [0.717, 1.165) is 19.3 Å². The van der Waals surface area contributed by atoms with Crippen molar-refractivity contribution in [1.82, 2.24) is 4.31 Å². The van der Waals surface area contributed by atoms with Crippen molar-refractivity contribution in [3.8, 4) is 5.75 Å². The zero-order valence-corrected chi connectivity index (χ0v) is 13.9. The van der Waals surface area contributed by atoms with E-state index in [1.807, 2.05) is 6.92 Å². The van der Waals surface area contributed by atoms with Gasteiger partial charge in [0.1, 0.15) is 10.6 Å². The van der Waals surface area contributed by atoms with Crippen molar-refractivity contribution in [2.45, 2.75) is 43.7 Å². The molecule has 0 amide bonds. The molecule has 1 saturated heterocycles. The first-order valence-electron chi connectivity index (χ1n) is 7.00. The lowest BCUT2D eigenvalue weighted by atomic mass is 10.1. The molecule has 7 heteroatoms. The van der Waals surface area contributed by atoms with Crippen LogP contribution >= 0.6 is 11.6 Å². The molecule has 1 fully saturated rings. The Labute approximate surface area is 131 Å². The molecule has 2 N–H and O–H groups in total. The van der Waals surface area contributed by atoms with E-state index in [4.69, 9.17) is 22.1 Å². The predicted molar refractivity (Wildman–Crippen MR) is 83.1 cm³/mol. The number of rotatable bonds is 4. The van der Waals surface area contributed by atoms with E-state index in [0.29, 0.717) is 22.9 Å². The molecule has 0 saturated carbocycles. The van der Waals surface area contributed by atoms with E-state index in [9.17, 15) is 8.42 Å².